The maximum atomic E-state index is 14.4. The van der Waals surface area contributed by atoms with Gasteiger partial charge >= 0.3 is 5.69 Å². The minimum atomic E-state index is -2.86. The van der Waals surface area contributed by atoms with Crippen molar-refractivity contribution >= 4 is 45.9 Å². The number of carbonyl (C=O) groups is 3. The summed E-state index contributed by atoms with van der Waals surface area (Å²) in [6.07, 6.45) is 8.96. The Hall–Kier alpha value is -5.97. The molecule has 1 spiro atoms. The molecule has 1 atom stereocenters. The fourth-order valence-electron chi connectivity index (χ4n) is 10.7. The number of alkyl halides is 2. The van der Waals surface area contributed by atoms with E-state index in [-0.39, 0.29) is 47.1 Å². The van der Waals surface area contributed by atoms with Crippen LogP contribution in [0.3, 0.4) is 0 Å². The molecule has 4 aromatic heterocycles. The molecule has 5 aromatic rings. The Morgan fingerprint density at radius 2 is 1.78 bits per heavy atom. The van der Waals surface area contributed by atoms with Gasteiger partial charge in [-0.25, -0.2) is 23.1 Å². The van der Waals surface area contributed by atoms with Crippen molar-refractivity contribution < 1.29 is 27.9 Å². The van der Waals surface area contributed by atoms with Crippen molar-refractivity contribution in [1.29, 1.82) is 0 Å². The van der Waals surface area contributed by atoms with Gasteiger partial charge < -0.3 is 19.9 Å². The SMILES string of the molecule is Cn1c(=O)n(C2CCC(=O)NC2=O)c2cccc(C#CCN3CCN(C[C@H]4CC[C@H](n5cc(NC(=O)c6cnn7ccc(N8CCC9(CCOCC9)C8)nc67)c(C(F)F)n5)CC4)CC3)c21. The molecule has 2 N–H and O–H groups in total. The van der Waals surface area contributed by atoms with Crippen molar-refractivity contribution in [2.75, 3.05) is 75.8 Å². The Morgan fingerprint density at radius 1 is 1.00 bits per heavy atom. The fourth-order valence-corrected chi connectivity index (χ4v) is 10.7. The molecule has 3 amide bonds. The number of ether oxygens (including phenoxy) is 1. The van der Waals surface area contributed by atoms with E-state index in [1.54, 1.807) is 24.1 Å². The maximum absolute atomic E-state index is 14.4. The Bertz CT molecular complexity index is 2740. The first-order chi connectivity index (χ1) is 31.5. The van der Waals surface area contributed by atoms with Gasteiger partial charge in [-0.05, 0) is 80.9 Å². The van der Waals surface area contributed by atoms with Gasteiger partial charge in [-0.1, -0.05) is 17.9 Å². The quantitative estimate of drug-likeness (QED) is 0.161. The molecule has 10 rings (SSSR count). The Kier molecular flexibility index (Phi) is 11.7. The van der Waals surface area contributed by atoms with Crippen LogP contribution in [0.25, 0.3) is 16.7 Å². The number of piperazine rings is 1. The number of benzene rings is 1. The number of para-hydroxylation sites is 1. The topological polar surface area (TPSA) is 169 Å². The molecule has 4 saturated heterocycles. The van der Waals surface area contributed by atoms with Gasteiger partial charge in [0, 0.05) is 84.9 Å². The first-order valence-corrected chi connectivity index (χ1v) is 22.9. The van der Waals surface area contributed by atoms with E-state index in [1.807, 2.05) is 24.3 Å². The molecule has 5 aliphatic rings. The number of aromatic nitrogens is 7. The average molecular weight is 893 g/mol. The molecule has 1 aromatic carbocycles. The molecule has 5 fully saturated rings. The van der Waals surface area contributed by atoms with Gasteiger partial charge in [-0.15, -0.1) is 0 Å². The Morgan fingerprint density at radius 3 is 2.55 bits per heavy atom. The molecule has 1 saturated carbocycles. The Labute approximate surface area is 374 Å². The number of halogens is 2. The number of piperidine rings is 1. The number of hydrogen-bond acceptors (Lipinski definition) is 11. The van der Waals surface area contributed by atoms with Crippen molar-refractivity contribution in [3.8, 4) is 11.8 Å². The van der Waals surface area contributed by atoms with E-state index in [9.17, 15) is 28.0 Å². The lowest BCUT2D eigenvalue weighted by atomic mass is 9.80. The molecule has 19 heteroatoms. The van der Waals surface area contributed by atoms with E-state index in [1.165, 1.54) is 19.8 Å². The summed E-state index contributed by atoms with van der Waals surface area (Å²) >= 11 is 0. The summed E-state index contributed by atoms with van der Waals surface area (Å²) in [6.45, 7) is 8.42. The van der Waals surface area contributed by atoms with Gasteiger partial charge in [0.25, 0.3) is 12.3 Å². The summed E-state index contributed by atoms with van der Waals surface area (Å²) in [5, 5.41) is 13.7. The van der Waals surface area contributed by atoms with Gasteiger partial charge in [0.05, 0.1) is 41.1 Å². The summed E-state index contributed by atoms with van der Waals surface area (Å²) in [6, 6.07) is 6.63. The molecule has 1 unspecified atom stereocenters. The lowest BCUT2D eigenvalue weighted by Gasteiger charge is -2.37. The second-order valence-electron chi connectivity index (χ2n) is 18.5. The number of fused-ring (bicyclic) bond motifs is 2. The van der Waals surface area contributed by atoms with Crippen molar-refractivity contribution in [1.82, 2.24) is 48.6 Å². The van der Waals surface area contributed by atoms with E-state index in [2.05, 4.69) is 47.4 Å². The average Bonchev–Trinajstić information content (AvgIpc) is 4.09. The number of imidazole rings is 1. The van der Waals surface area contributed by atoms with Crippen molar-refractivity contribution in [2.45, 2.75) is 76.3 Å². The van der Waals surface area contributed by atoms with Crippen LogP contribution in [0.15, 0.2) is 47.7 Å². The molecule has 0 bridgehead atoms. The number of rotatable bonds is 9. The molecular formula is C46H54F2N12O5. The fraction of sp³-hybridized carbons (Fsp3) is 0.543. The summed E-state index contributed by atoms with van der Waals surface area (Å²) in [4.78, 5) is 63.2. The molecule has 65 heavy (non-hydrogen) atoms. The van der Waals surface area contributed by atoms with Crippen LogP contribution in [0, 0.1) is 23.2 Å². The van der Waals surface area contributed by atoms with Crippen molar-refractivity contribution in [3.05, 3.63) is 70.2 Å². The molecular weight excluding hydrogens is 839 g/mol. The maximum Gasteiger partial charge on any atom is 0.329 e. The van der Waals surface area contributed by atoms with Crippen LogP contribution in [-0.2, 0) is 21.4 Å². The molecule has 1 aliphatic carbocycles. The highest BCUT2D eigenvalue weighted by Gasteiger charge is 2.40. The van der Waals surface area contributed by atoms with E-state index >= 15 is 0 Å². The number of carbonyl (C=O) groups excluding carboxylic acids is 3. The lowest BCUT2D eigenvalue weighted by Crippen LogP contribution is -2.48. The number of nitrogens with one attached hydrogen (secondary N) is 2. The van der Waals surface area contributed by atoms with E-state index in [0.717, 1.165) is 110 Å². The highest BCUT2D eigenvalue weighted by molar-refractivity contribution is 6.08. The van der Waals surface area contributed by atoms with Crippen molar-refractivity contribution in [2.24, 2.45) is 18.4 Å². The molecule has 8 heterocycles. The zero-order valence-corrected chi connectivity index (χ0v) is 36.6. The molecule has 0 radical (unpaired) electrons. The van der Waals surface area contributed by atoms with Gasteiger partial charge in [-0.2, -0.15) is 10.2 Å². The first-order valence-electron chi connectivity index (χ1n) is 22.9. The van der Waals surface area contributed by atoms with Gasteiger partial charge in [0.15, 0.2) is 11.3 Å². The number of aryl methyl sites for hydroxylation is 1. The van der Waals surface area contributed by atoms with Crippen LogP contribution in [-0.4, -0.2) is 127 Å². The minimum Gasteiger partial charge on any atom is -0.381 e. The normalized spacial score (nSPS) is 23.1. The number of imide groups is 1. The predicted molar refractivity (Wildman–Crippen MR) is 237 cm³/mol. The highest BCUT2D eigenvalue weighted by Crippen LogP contribution is 2.41. The van der Waals surface area contributed by atoms with E-state index in [0.29, 0.717) is 34.7 Å². The zero-order chi connectivity index (χ0) is 44.8. The lowest BCUT2D eigenvalue weighted by molar-refractivity contribution is -0.135. The van der Waals surface area contributed by atoms with Gasteiger partial charge in [0.1, 0.15) is 17.4 Å². The Balaban J connectivity index is 0.715. The second kappa shape index (κ2) is 17.8. The number of nitrogens with zero attached hydrogens (tertiary/aromatic N) is 10. The van der Waals surface area contributed by atoms with E-state index < -0.39 is 30.0 Å². The second-order valence-corrected chi connectivity index (χ2v) is 18.5. The number of anilines is 2. The standard InChI is InChI=1S/C46H54F2N12O5/c1-54-40-31(4-2-6-35(40)60(45(54)64)36-11-12-38(61)52-44(36)63)5-3-17-55-20-22-56(23-21-55)27-30-7-9-32(10-8-30)59-28-34(39(53-59)41(47)48)50-43(62)33-26-49-58-18-13-37(51-42(33)58)57-19-14-46(29-57)15-24-65-25-16-46/h2,4,6,13,18,26,28,30,32,36,41H,7-12,14-17,19-25,27,29H2,1H3,(H,50,62)(H,52,61,63)/t30-,32-,36?. The number of hydrogen-bond donors (Lipinski definition) is 2. The largest absolute Gasteiger partial charge is 0.381 e. The highest BCUT2D eigenvalue weighted by atomic mass is 19.3. The summed E-state index contributed by atoms with van der Waals surface area (Å²) in [5.41, 5.74) is 2.01. The zero-order valence-electron chi connectivity index (χ0n) is 36.6. The molecule has 4 aliphatic heterocycles. The first kappa shape index (κ1) is 43.0. The minimum absolute atomic E-state index is 0.00210. The third-order valence-corrected chi connectivity index (χ3v) is 14.5. The van der Waals surface area contributed by atoms with Crippen LogP contribution in [0.5, 0.6) is 0 Å². The van der Waals surface area contributed by atoms with Crippen LogP contribution in [0.4, 0.5) is 20.3 Å². The van der Waals surface area contributed by atoms with Crippen LogP contribution < -0.4 is 21.2 Å². The van der Waals surface area contributed by atoms with Crippen LogP contribution in [0.1, 0.15) is 97.9 Å². The van der Waals surface area contributed by atoms with Gasteiger partial charge in [0.2, 0.25) is 11.8 Å². The summed E-state index contributed by atoms with van der Waals surface area (Å²) in [5.74, 6) is 6.47. The molecule has 17 nitrogen and oxygen atoms in total. The third-order valence-electron chi connectivity index (χ3n) is 14.5. The summed E-state index contributed by atoms with van der Waals surface area (Å²) < 4.78 is 40.5. The summed E-state index contributed by atoms with van der Waals surface area (Å²) in [7, 11) is 1.68. The predicted octanol–water partition coefficient (Wildman–Crippen LogP) is 4.15. The monoisotopic (exact) mass is 892 g/mol. The smallest absolute Gasteiger partial charge is 0.329 e. The van der Waals surface area contributed by atoms with Gasteiger partial charge in [-0.3, -0.25) is 38.4 Å². The van der Waals surface area contributed by atoms with Crippen LogP contribution in [0.2, 0.25) is 0 Å². The van der Waals surface area contributed by atoms with Crippen molar-refractivity contribution in [3.63, 3.8) is 0 Å². The number of amides is 3. The van der Waals surface area contributed by atoms with E-state index in [4.69, 9.17) is 9.72 Å². The molecule has 342 valence electrons. The van der Waals surface area contributed by atoms with Crippen LogP contribution >= 0.6 is 0 Å². The third kappa shape index (κ3) is 8.54.